The Kier molecular flexibility index (Phi) is 4.41. The van der Waals surface area contributed by atoms with Gasteiger partial charge in [-0.1, -0.05) is 6.92 Å². The smallest absolute Gasteiger partial charge is 0.222 e. The van der Waals surface area contributed by atoms with Crippen LogP contribution in [0.2, 0.25) is 0 Å². The van der Waals surface area contributed by atoms with Crippen molar-refractivity contribution in [3.8, 4) is 0 Å². The van der Waals surface area contributed by atoms with Crippen molar-refractivity contribution in [2.75, 3.05) is 19.6 Å². The molecule has 1 amide bonds. The highest BCUT2D eigenvalue weighted by atomic mass is 32.1. The maximum Gasteiger partial charge on any atom is 0.222 e. The number of likely N-dealkylation sites (tertiary alicyclic amines) is 1. The summed E-state index contributed by atoms with van der Waals surface area (Å²) in [5.74, 6) is 0.352. The summed E-state index contributed by atoms with van der Waals surface area (Å²) in [5, 5.41) is 2.22. The van der Waals surface area contributed by atoms with Gasteiger partial charge in [-0.3, -0.25) is 9.69 Å². The molecule has 110 valence electrons. The molecular formula is C16H24N2OS. The van der Waals surface area contributed by atoms with Gasteiger partial charge in [0.1, 0.15) is 0 Å². The lowest BCUT2D eigenvalue weighted by Crippen LogP contribution is -2.47. The Balaban J connectivity index is 1.53. The van der Waals surface area contributed by atoms with Crippen LogP contribution in [0.1, 0.15) is 43.0 Å². The quantitative estimate of drug-likeness (QED) is 0.855. The molecule has 0 radical (unpaired) electrons. The number of piperidine rings is 1. The zero-order valence-corrected chi connectivity index (χ0v) is 13.1. The molecule has 2 aliphatic heterocycles. The van der Waals surface area contributed by atoms with E-state index in [9.17, 15) is 4.79 Å². The predicted molar refractivity (Wildman–Crippen MR) is 82.9 cm³/mol. The van der Waals surface area contributed by atoms with E-state index in [1.807, 2.05) is 11.3 Å². The number of carbonyl (C=O) groups is 1. The van der Waals surface area contributed by atoms with E-state index < -0.39 is 0 Å². The molecule has 0 N–H and O–H groups in total. The van der Waals surface area contributed by atoms with Crippen LogP contribution >= 0.6 is 11.3 Å². The third-order valence-electron chi connectivity index (χ3n) is 4.63. The van der Waals surface area contributed by atoms with Gasteiger partial charge >= 0.3 is 0 Å². The van der Waals surface area contributed by atoms with Gasteiger partial charge in [-0.2, -0.15) is 0 Å². The topological polar surface area (TPSA) is 23.6 Å². The van der Waals surface area contributed by atoms with Crippen molar-refractivity contribution in [3.05, 3.63) is 21.9 Å². The summed E-state index contributed by atoms with van der Waals surface area (Å²) >= 11 is 1.90. The van der Waals surface area contributed by atoms with Crippen LogP contribution in [0.3, 0.4) is 0 Å². The molecule has 4 heteroatoms. The Labute approximate surface area is 125 Å². The van der Waals surface area contributed by atoms with Crippen LogP contribution in [0, 0.1) is 0 Å². The molecule has 0 spiro atoms. The number of carbonyl (C=O) groups excluding carboxylic acids is 1. The van der Waals surface area contributed by atoms with Crippen LogP contribution in [0.4, 0.5) is 0 Å². The second kappa shape index (κ2) is 6.27. The zero-order chi connectivity index (χ0) is 13.9. The van der Waals surface area contributed by atoms with Gasteiger partial charge in [0.05, 0.1) is 0 Å². The molecule has 20 heavy (non-hydrogen) atoms. The summed E-state index contributed by atoms with van der Waals surface area (Å²) < 4.78 is 0. The number of hydrogen-bond donors (Lipinski definition) is 0. The van der Waals surface area contributed by atoms with E-state index in [2.05, 4.69) is 28.2 Å². The Morgan fingerprint density at radius 2 is 2.15 bits per heavy atom. The van der Waals surface area contributed by atoms with Crippen molar-refractivity contribution >= 4 is 17.2 Å². The molecule has 3 nitrogen and oxygen atoms in total. The Morgan fingerprint density at radius 1 is 1.35 bits per heavy atom. The summed E-state index contributed by atoms with van der Waals surface area (Å²) in [6, 6.07) is 2.96. The third kappa shape index (κ3) is 2.91. The van der Waals surface area contributed by atoms with E-state index in [0.717, 1.165) is 38.9 Å². The van der Waals surface area contributed by atoms with E-state index in [0.29, 0.717) is 18.4 Å². The van der Waals surface area contributed by atoms with E-state index >= 15 is 0 Å². The number of rotatable bonds is 3. The van der Waals surface area contributed by atoms with E-state index in [4.69, 9.17) is 0 Å². The van der Waals surface area contributed by atoms with E-state index in [1.54, 1.807) is 4.88 Å². The Hall–Kier alpha value is -0.870. The fourth-order valence-electron chi connectivity index (χ4n) is 3.43. The van der Waals surface area contributed by atoms with E-state index in [-0.39, 0.29) is 0 Å². The summed E-state index contributed by atoms with van der Waals surface area (Å²) in [6.45, 7) is 6.30. The van der Waals surface area contributed by atoms with Gasteiger partial charge in [0.25, 0.3) is 0 Å². The molecule has 1 saturated heterocycles. The van der Waals surface area contributed by atoms with Crippen molar-refractivity contribution in [2.24, 2.45) is 0 Å². The lowest BCUT2D eigenvalue weighted by atomic mass is 9.99. The molecule has 1 aromatic heterocycles. The number of hydrogen-bond acceptors (Lipinski definition) is 3. The molecular weight excluding hydrogens is 268 g/mol. The first-order valence-electron chi connectivity index (χ1n) is 7.85. The summed E-state index contributed by atoms with van der Waals surface area (Å²) in [7, 11) is 0. The monoisotopic (exact) mass is 292 g/mol. The van der Waals surface area contributed by atoms with E-state index in [1.165, 1.54) is 18.5 Å². The normalized spacial score (nSPS) is 20.9. The molecule has 1 aromatic rings. The largest absolute Gasteiger partial charge is 0.343 e. The van der Waals surface area contributed by atoms with Gasteiger partial charge in [0.15, 0.2) is 0 Å². The van der Waals surface area contributed by atoms with Crippen molar-refractivity contribution in [1.82, 2.24) is 9.80 Å². The van der Waals surface area contributed by atoms with Crippen molar-refractivity contribution in [1.29, 1.82) is 0 Å². The second-order valence-electron chi connectivity index (χ2n) is 5.95. The average molecular weight is 292 g/mol. The molecule has 0 aliphatic carbocycles. The van der Waals surface area contributed by atoms with Crippen molar-refractivity contribution in [3.63, 3.8) is 0 Å². The first-order valence-corrected chi connectivity index (χ1v) is 8.73. The van der Waals surface area contributed by atoms with Gasteiger partial charge in [0.2, 0.25) is 5.91 Å². The highest BCUT2D eigenvalue weighted by Crippen LogP contribution is 2.28. The van der Waals surface area contributed by atoms with Crippen LogP contribution < -0.4 is 0 Å². The van der Waals surface area contributed by atoms with Gasteiger partial charge in [-0.15, -0.1) is 11.3 Å². The minimum Gasteiger partial charge on any atom is -0.343 e. The molecule has 0 unspecified atom stereocenters. The average Bonchev–Trinajstić information content (AvgIpc) is 2.95. The lowest BCUT2D eigenvalue weighted by molar-refractivity contribution is -0.132. The zero-order valence-electron chi connectivity index (χ0n) is 12.3. The Morgan fingerprint density at radius 3 is 2.90 bits per heavy atom. The summed E-state index contributed by atoms with van der Waals surface area (Å²) in [4.78, 5) is 18.2. The van der Waals surface area contributed by atoms with Crippen LogP contribution in [0.25, 0.3) is 0 Å². The van der Waals surface area contributed by atoms with Gasteiger partial charge in [0, 0.05) is 43.5 Å². The van der Waals surface area contributed by atoms with Gasteiger partial charge in [-0.05, 0) is 42.7 Å². The SMILES string of the molecule is CCCC(=O)N1CCC(N2CCc3sccc3C2)CC1. The van der Waals surface area contributed by atoms with Crippen molar-refractivity contribution < 1.29 is 4.79 Å². The molecule has 0 bridgehead atoms. The molecule has 0 aromatic carbocycles. The van der Waals surface area contributed by atoms with Gasteiger partial charge in [-0.25, -0.2) is 0 Å². The maximum atomic E-state index is 11.9. The number of amides is 1. The summed E-state index contributed by atoms with van der Waals surface area (Å²) in [5.41, 5.74) is 1.53. The molecule has 3 heterocycles. The first-order chi connectivity index (χ1) is 9.78. The molecule has 0 saturated carbocycles. The molecule has 2 aliphatic rings. The fraction of sp³-hybridized carbons (Fsp3) is 0.688. The molecule has 3 rings (SSSR count). The number of fused-ring (bicyclic) bond motifs is 1. The highest BCUT2D eigenvalue weighted by Gasteiger charge is 2.28. The highest BCUT2D eigenvalue weighted by molar-refractivity contribution is 7.10. The standard InChI is InChI=1S/C16H24N2OS/c1-2-3-16(19)17-8-4-14(5-9-17)18-10-6-15-13(12-18)7-11-20-15/h7,11,14H,2-6,8-10,12H2,1H3. The van der Waals surface area contributed by atoms with Crippen LogP contribution in [-0.4, -0.2) is 41.4 Å². The second-order valence-corrected chi connectivity index (χ2v) is 6.95. The lowest BCUT2D eigenvalue weighted by Gasteiger charge is -2.40. The maximum absolute atomic E-state index is 11.9. The van der Waals surface area contributed by atoms with Crippen molar-refractivity contribution in [2.45, 2.75) is 51.6 Å². The number of nitrogens with zero attached hydrogens (tertiary/aromatic N) is 2. The third-order valence-corrected chi connectivity index (χ3v) is 5.66. The van der Waals surface area contributed by atoms with Crippen LogP contribution in [-0.2, 0) is 17.8 Å². The van der Waals surface area contributed by atoms with Gasteiger partial charge < -0.3 is 4.90 Å². The Bertz CT molecular complexity index is 463. The minimum atomic E-state index is 0.352. The van der Waals surface area contributed by atoms with Crippen LogP contribution in [0.15, 0.2) is 11.4 Å². The predicted octanol–water partition coefficient (Wildman–Crippen LogP) is 2.90. The first kappa shape index (κ1) is 14.1. The summed E-state index contributed by atoms with van der Waals surface area (Å²) in [6.07, 6.45) is 5.18. The fourth-order valence-corrected chi connectivity index (χ4v) is 4.32. The number of thiophene rings is 1. The molecule has 1 fully saturated rings. The van der Waals surface area contributed by atoms with Crippen LogP contribution in [0.5, 0.6) is 0 Å². The molecule has 0 atom stereocenters. The minimum absolute atomic E-state index is 0.352.